The molecule has 10 heteroatoms. The van der Waals surface area contributed by atoms with Crippen LogP contribution in [0.5, 0.6) is 5.75 Å². The number of likely N-dealkylation sites (N-methyl/N-ethyl adjacent to an activating group) is 1. The fourth-order valence-electron chi connectivity index (χ4n) is 7.03. The van der Waals surface area contributed by atoms with Crippen LogP contribution in [0.25, 0.3) is 11.1 Å². The average molecular weight is 620 g/mol. The largest absolute Gasteiger partial charge is 0.496 e. The van der Waals surface area contributed by atoms with Crippen LogP contribution < -0.4 is 9.64 Å². The maximum Gasteiger partial charge on any atom is 0.277 e. The highest BCUT2D eigenvalue weighted by atomic mass is 35.5. The Hall–Kier alpha value is -3.72. The second-order valence-electron chi connectivity index (χ2n) is 11.6. The average Bonchev–Trinajstić information content (AvgIpc) is 3.48. The minimum Gasteiger partial charge on any atom is -0.496 e. The molecule has 0 aromatic heterocycles. The number of carbonyl (C=O) groups is 2. The Morgan fingerprint density at radius 3 is 2.40 bits per heavy atom. The third kappa shape index (κ3) is 4.22. The number of amides is 2. The molecule has 4 aliphatic heterocycles. The van der Waals surface area contributed by atoms with Crippen molar-refractivity contribution in [3.8, 4) is 16.9 Å². The van der Waals surface area contributed by atoms with Gasteiger partial charge in [0.2, 0.25) is 0 Å². The summed E-state index contributed by atoms with van der Waals surface area (Å²) in [6.07, 6.45) is -0.375. The smallest absolute Gasteiger partial charge is 0.277 e. The number of ether oxygens (including phenoxy) is 2. The zero-order valence-corrected chi connectivity index (χ0v) is 25.9. The van der Waals surface area contributed by atoms with Gasteiger partial charge in [0.25, 0.3) is 11.8 Å². The normalized spacial score (nSPS) is 20.9. The number of halogens is 2. The zero-order valence-electron chi connectivity index (χ0n) is 24.4. The first-order chi connectivity index (χ1) is 20.7. The van der Waals surface area contributed by atoms with Crippen molar-refractivity contribution in [1.82, 2.24) is 14.7 Å². The van der Waals surface area contributed by atoms with E-state index < -0.39 is 0 Å². The van der Waals surface area contributed by atoms with Gasteiger partial charge in [-0.25, -0.2) is 0 Å². The summed E-state index contributed by atoms with van der Waals surface area (Å²) in [5, 5.41) is 1.18. The van der Waals surface area contributed by atoms with Crippen molar-refractivity contribution in [2.24, 2.45) is 0 Å². The summed E-state index contributed by atoms with van der Waals surface area (Å²) in [4.78, 5) is 36.0. The lowest BCUT2D eigenvalue weighted by Gasteiger charge is -2.43. The second-order valence-corrected chi connectivity index (χ2v) is 12.4. The van der Waals surface area contributed by atoms with E-state index in [1.165, 1.54) is 0 Å². The fourth-order valence-corrected chi connectivity index (χ4v) is 7.37. The molecule has 0 aliphatic carbocycles. The molecular weight excluding hydrogens is 587 g/mol. The molecule has 4 aliphatic rings. The molecule has 0 N–H and O–H groups in total. The molecule has 0 radical (unpaired) electrons. The van der Waals surface area contributed by atoms with E-state index in [4.69, 9.17) is 32.7 Å². The highest BCUT2D eigenvalue weighted by Crippen LogP contribution is 2.58. The van der Waals surface area contributed by atoms with Gasteiger partial charge in [-0.05, 0) is 67.4 Å². The molecule has 7 rings (SSSR count). The first kappa shape index (κ1) is 28.1. The molecule has 222 valence electrons. The summed E-state index contributed by atoms with van der Waals surface area (Å²) in [5.74, 6) is 0.511. The molecule has 0 spiro atoms. The number of methoxy groups -OCH3 is 1. The summed E-state index contributed by atoms with van der Waals surface area (Å²) < 4.78 is 11.3. The molecule has 1 saturated heterocycles. The summed E-state index contributed by atoms with van der Waals surface area (Å²) >= 11 is 13.0. The van der Waals surface area contributed by atoms with Gasteiger partial charge in [-0.2, -0.15) is 0 Å². The highest BCUT2D eigenvalue weighted by molar-refractivity contribution is 6.32. The standard InChI is InChI=1S/C33H32Cl2N4O4/c1-18(2)38-29-28-23-9-7-20(34)16-24(23)22-8-6-21(35)17-26(22)39(28)33(41)30(29)36(3)31(38)25-15-19(5-10-27(25)42-4)32(40)37-11-13-43-14-12-37/h5-10,15-18,28,31H,11-14H2,1-4H3. The molecule has 1 fully saturated rings. The number of benzene rings is 3. The molecule has 0 bridgehead atoms. The van der Waals surface area contributed by atoms with Crippen molar-refractivity contribution < 1.29 is 19.1 Å². The first-order valence-corrected chi connectivity index (χ1v) is 15.2. The summed E-state index contributed by atoms with van der Waals surface area (Å²) in [5.41, 5.74) is 6.58. The van der Waals surface area contributed by atoms with Crippen molar-refractivity contribution >= 4 is 40.7 Å². The maximum absolute atomic E-state index is 14.5. The molecule has 2 amide bonds. The van der Waals surface area contributed by atoms with Crippen LogP contribution in [-0.4, -0.2) is 73.0 Å². The summed E-state index contributed by atoms with van der Waals surface area (Å²) in [6, 6.07) is 16.7. The Morgan fingerprint density at radius 2 is 1.67 bits per heavy atom. The predicted octanol–water partition coefficient (Wildman–Crippen LogP) is 6.11. The number of morpholine rings is 1. The SMILES string of the molecule is COc1ccc(C(=O)N2CCOCC2)cc1C1N(C)C2=C(C3c4ccc(Cl)cc4-c4ccc(Cl)cc4N3C2=O)N1C(C)C. The molecule has 2 atom stereocenters. The van der Waals surface area contributed by atoms with E-state index in [0.29, 0.717) is 53.4 Å². The van der Waals surface area contributed by atoms with Gasteiger partial charge in [-0.15, -0.1) is 0 Å². The lowest BCUT2D eigenvalue weighted by molar-refractivity contribution is -0.116. The van der Waals surface area contributed by atoms with Crippen LogP contribution in [0.15, 0.2) is 66.0 Å². The third-order valence-electron chi connectivity index (χ3n) is 8.87. The molecule has 8 nitrogen and oxygen atoms in total. The Kier molecular flexibility index (Phi) is 6.84. The van der Waals surface area contributed by atoms with E-state index in [1.807, 2.05) is 76.3 Å². The zero-order chi connectivity index (χ0) is 30.2. The van der Waals surface area contributed by atoms with Gasteiger partial charge in [0.05, 0.1) is 31.7 Å². The first-order valence-electron chi connectivity index (χ1n) is 14.4. The van der Waals surface area contributed by atoms with Crippen molar-refractivity contribution in [2.45, 2.75) is 32.1 Å². The van der Waals surface area contributed by atoms with Crippen molar-refractivity contribution in [1.29, 1.82) is 0 Å². The van der Waals surface area contributed by atoms with E-state index >= 15 is 0 Å². The minimum absolute atomic E-state index is 0.00696. The number of fused-ring (bicyclic) bond motifs is 7. The lowest BCUT2D eigenvalue weighted by atomic mass is 9.87. The van der Waals surface area contributed by atoms with Crippen LogP contribution in [-0.2, 0) is 9.53 Å². The number of rotatable bonds is 4. The Bertz CT molecular complexity index is 1700. The lowest BCUT2D eigenvalue weighted by Crippen LogP contribution is -2.44. The molecule has 43 heavy (non-hydrogen) atoms. The molecule has 2 unspecified atom stereocenters. The van der Waals surface area contributed by atoms with Gasteiger partial charge in [0.15, 0.2) is 0 Å². The van der Waals surface area contributed by atoms with Crippen LogP contribution in [0.1, 0.15) is 47.5 Å². The summed E-state index contributed by atoms with van der Waals surface area (Å²) in [7, 11) is 3.57. The van der Waals surface area contributed by atoms with Crippen molar-refractivity contribution in [2.75, 3.05) is 45.4 Å². The minimum atomic E-state index is -0.375. The van der Waals surface area contributed by atoms with Crippen molar-refractivity contribution in [3.63, 3.8) is 0 Å². The Morgan fingerprint density at radius 1 is 0.953 bits per heavy atom. The topological polar surface area (TPSA) is 65.6 Å². The van der Waals surface area contributed by atoms with E-state index in [0.717, 1.165) is 33.6 Å². The van der Waals surface area contributed by atoms with Gasteiger partial charge in [-0.3, -0.25) is 14.5 Å². The van der Waals surface area contributed by atoms with Crippen LogP contribution in [0.3, 0.4) is 0 Å². The maximum atomic E-state index is 14.5. The van der Waals surface area contributed by atoms with Gasteiger partial charge < -0.3 is 24.2 Å². The highest BCUT2D eigenvalue weighted by Gasteiger charge is 2.55. The van der Waals surface area contributed by atoms with Gasteiger partial charge in [-0.1, -0.05) is 35.3 Å². The number of hydrogen-bond acceptors (Lipinski definition) is 6. The Balaban J connectivity index is 1.37. The molecule has 3 aromatic carbocycles. The van der Waals surface area contributed by atoms with Crippen LogP contribution in [0.2, 0.25) is 10.0 Å². The third-order valence-corrected chi connectivity index (χ3v) is 9.34. The number of hydrogen-bond donors (Lipinski definition) is 0. The molecule has 4 heterocycles. The predicted molar refractivity (Wildman–Crippen MR) is 166 cm³/mol. The Labute approximate surface area is 261 Å². The molecular formula is C33H32Cl2N4O4. The summed E-state index contributed by atoms with van der Waals surface area (Å²) in [6.45, 7) is 6.40. The van der Waals surface area contributed by atoms with E-state index in [-0.39, 0.29) is 30.1 Å². The van der Waals surface area contributed by atoms with Gasteiger partial charge in [0, 0.05) is 52.9 Å². The fraction of sp³-hybridized carbons (Fsp3) is 0.333. The second kappa shape index (κ2) is 10.5. The number of anilines is 1. The molecule has 0 saturated carbocycles. The van der Waals surface area contributed by atoms with Crippen molar-refractivity contribution in [3.05, 3.63) is 92.7 Å². The molecule has 3 aromatic rings. The van der Waals surface area contributed by atoms with Crippen LogP contribution in [0.4, 0.5) is 5.69 Å². The van der Waals surface area contributed by atoms with E-state index in [9.17, 15) is 9.59 Å². The van der Waals surface area contributed by atoms with E-state index in [1.54, 1.807) is 7.11 Å². The number of nitrogens with zero attached hydrogens (tertiary/aromatic N) is 4. The van der Waals surface area contributed by atoms with Crippen LogP contribution in [0, 0.1) is 0 Å². The van der Waals surface area contributed by atoms with Gasteiger partial charge >= 0.3 is 0 Å². The van der Waals surface area contributed by atoms with Crippen LogP contribution >= 0.6 is 23.2 Å². The van der Waals surface area contributed by atoms with Gasteiger partial charge in [0.1, 0.15) is 23.7 Å². The monoisotopic (exact) mass is 618 g/mol. The quantitative estimate of drug-likeness (QED) is 0.352. The van der Waals surface area contributed by atoms with E-state index in [2.05, 4.69) is 18.7 Å². The number of carbonyl (C=O) groups excluding carboxylic acids is 2.